The number of hydrogen-bond acceptors (Lipinski definition) is 4. The molecule has 27 heavy (non-hydrogen) atoms. The Morgan fingerprint density at radius 2 is 1.96 bits per heavy atom. The first-order chi connectivity index (χ1) is 13.1. The summed E-state index contributed by atoms with van der Waals surface area (Å²) in [4.78, 5) is 16.9. The number of aromatic nitrogens is 3. The molecule has 0 aliphatic rings. The summed E-state index contributed by atoms with van der Waals surface area (Å²) >= 11 is 0. The van der Waals surface area contributed by atoms with Crippen LogP contribution in [-0.4, -0.2) is 20.7 Å². The van der Waals surface area contributed by atoms with Gasteiger partial charge in [0.25, 0.3) is 5.91 Å². The van der Waals surface area contributed by atoms with Crippen LogP contribution >= 0.6 is 0 Å². The van der Waals surface area contributed by atoms with E-state index in [-0.39, 0.29) is 5.91 Å². The number of aryl methyl sites for hydroxylation is 2. The van der Waals surface area contributed by atoms with Crippen LogP contribution in [0, 0.1) is 13.8 Å². The molecule has 4 aromatic rings. The van der Waals surface area contributed by atoms with Gasteiger partial charge in [0.2, 0.25) is 0 Å². The number of furan rings is 1. The van der Waals surface area contributed by atoms with E-state index in [1.807, 2.05) is 48.9 Å². The zero-order valence-electron chi connectivity index (χ0n) is 15.3. The molecule has 0 atom stereocenters. The van der Waals surface area contributed by atoms with Crippen LogP contribution in [0.15, 0.2) is 59.3 Å². The van der Waals surface area contributed by atoms with Crippen molar-refractivity contribution >= 4 is 16.9 Å². The van der Waals surface area contributed by atoms with E-state index in [1.165, 1.54) is 0 Å². The fraction of sp³-hybridized carbons (Fsp3) is 0.190. The molecule has 1 aromatic carbocycles. The van der Waals surface area contributed by atoms with E-state index in [4.69, 9.17) is 4.42 Å². The number of carbonyl (C=O) groups is 1. The number of pyridine rings is 1. The SMILES string of the molecule is Cc1cc(CNC(=O)c2cnc3c(cnn3Cc3ccccc3)c2)c(C)o1. The molecular weight excluding hydrogens is 340 g/mol. The van der Waals surface area contributed by atoms with Crippen LogP contribution in [0.5, 0.6) is 0 Å². The number of rotatable bonds is 5. The number of carbonyl (C=O) groups excluding carboxylic acids is 1. The number of nitrogens with one attached hydrogen (secondary N) is 1. The first kappa shape index (κ1) is 17.0. The van der Waals surface area contributed by atoms with Crippen molar-refractivity contribution < 1.29 is 9.21 Å². The van der Waals surface area contributed by atoms with E-state index in [9.17, 15) is 4.79 Å². The molecule has 0 spiro atoms. The van der Waals surface area contributed by atoms with Gasteiger partial charge in [0.1, 0.15) is 11.5 Å². The van der Waals surface area contributed by atoms with Crippen LogP contribution in [-0.2, 0) is 13.1 Å². The van der Waals surface area contributed by atoms with Gasteiger partial charge in [-0.1, -0.05) is 30.3 Å². The van der Waals surface area contributed by atoms with Gasteiger partial charge in [0.05, 0.1) is 18.3 Å². The monoisotopic (exact) mass is 360 g/mol. The van der Waals surface area contributed by atoms with E-state index in [1.54, 1.807) is 12.4 Å². The van der Waals surface area contributed by atoms with Crippen molar-refractivity contribution in [2.75, 3.05) is 0 Å². The highest BCUT2D eigenvalue weighted by atomic mass is 16.3. The Morgan fingerprint density at radius 3 is 2.70 bits per heavy atom. The highest BCUT2D eigenvalue weighted by Gasteiger charge is 2.12. The molecule has 4 rings (SSSR count). The highest BCUT2D eigenvalue weighted by Crippen LogP contribution is 2.16. The van der Waals surface area contributed by atoms with Crippen molar-refractivity contribution in [2.24, 2.45) is 0 Å². The molecule has 0 fully saturated rings. The van der Waals surface area contributed by atoms with Crippen LogP contribution < -0.4 is 5.32 Å². The summed E-state index contributed by atoms with van der Waals surface area (Å²) in [5.74, 6) is 1.49. The predicted molar refractivity (Wildman–Crippen MR) is 102 cm³/mol. The second-order valence-corrected chi connectivity index (χ2v) is 6.55. The maximum Gasteiger partial charge on any atom is 0.253 e. The van der Waals surface area contributed by atoms with Crippen molar-refractivity contribution in [2.45, 2.75) is 26.9 Å². The molecule has 0 saturated heterocycles. The minimum absolute atomic E-state index is 0.168. The van der Waals surface area contributed by atoms with Gasteiger partial charge in [-0.3, -0.25) is 4.79 Å². The lowest BCUT2D eigenvalue weighted by atomic mass is 10.2. The third-order valence-corrected chi connectivity index (χ3v) is 4.50. The van der Waals surface area contributed by atoms with Crippen molar-refractivity contribution in [3.8, 4) is 0 Å². The standard InChI is InChI=1S/C21H20N4O2/c1-14-8-17(15(2)27-14)10-23-21(26)19-9-18-12-24-25(20(18)22-11-19)13-16-6-4-3-5-7-16/h3-9,11-12H,10,13H2,1-2H3,(H,23,26). The molecule has 1 amide bonds. The summed E-state index contributed by atoms with van der Waals surface area (Å²) in [6.07, 6.45) is 3.33. The van der Waals surface area contributed by atoms with Gasteiger partial charge >= 0.3 is 0 Å². The Kier molecular flexibility index (Phi) is 4.46. The molecule has 0 aliphatic heterocycles. The Hall–Kier alpha value is -3.41. The van der Waals surface area contributed by atoms with E-state index in [2.05, 4.69) is 27.5 Å². The molecule has 3 heterocycles. The summed E-state index contributed by atoms with van der Waals surface area (Å²) in [6.45, 7) is 4.85. The average Bonchev–Trinajstić information content (AvgIpc) is 3.22. The molecule has 0 bridgehead atoms. The molecule has 136 valence electrons. The summed E-state index contributed by atoms with van der Waals surface area (Å²) in [7, 11) is 0. The lowest BCUT2D eigenvalue weighted by Crippen LogP contribution is -2.23. The summed E-state index contributed by atoms with van der Waals surface area (Å²) in [5.41, 5.74) is 3.40. The quantitative estimate of drug-likeness (QED) is 0.590. The Morgan fingerprint density at radius 1 is 1.15 bits per heavy atom. The molecule has 6 nitrogen and oxygen atoms in total. The first-order valence-electron chi connectivity index (χ1n) is 8.80. The Labute approximate surface area is 156 Å². The summed E-state index contributed by atoms with van der Waals surface area (Å²) in [6, 6.07) is 13.8. The van der Waals surface area contributed by atoms with Crippen LogP contribution in [0.3, 0.4) is 0 Å². The van der Waals surface area contributed by atoms with E-state index in [0.29, 0.717) is 18.7 Å². The van der Waals surface area contributed by atoms with Crippen molar-refractivity contribution in [1.82, 2.24) is 20.1 Å². The highest BCUT2D eigenvalue weighted by molar-refractivity contribution is 5.96. The van der Waals surface area contributed by atoms with Crippen molar-refractivity contribution in [3.63, 3.8) is 0 Å². The smallest absolute Gasteiger partial charge is 0.253 e. The number of benzene rings is 1. The minimum atomic E-state index is -0.168. The third-order valence-electron chi connectivity index (χ3n) is 4.50. The van der Waals surface area contributed by atoms with Gasteiger partial charge < -0.3 is 9.73 Å². The van der Waals surface area contributed by atoms with Gasteiger partial charge in [0.15, 0.2) is 5.65 Å². The number of nitrogens with zero attached hydrogens (tertiary/aromatic N) is 3. The van der Waals surface area contributed by atoms with Gasteiger partial charge in [0, 0.05) is 23.7 Å². The van der Waals surface area contributed by atoms with Crippen LogP contribution in [0.1, 0.15) is 33.0 Å². The van der Waals surface area contributed by atoms with Gasteiger partial charge in [-0.15, -0.1) is 0 Å². The van der Waals surface area contributed by atoms with Crippen molar-refractivity contribution in [3.05, 3.63) is 83.1 Å². The first-order valence-corrected chi connectivity index (χ1v) is 8.80. The van der Waals surface area contributed by atoms with E-state index < -0.39 is 0 Å². The average molecular weight is 360 g/mol. The van der Waals surface area contributed by atoms with Crippen molar-refractivity contribution in [1.29, 1.82) is 0 Å². The maximum absolute atomic E-state index is 12.5. The Balaban J connectivity index is 1.50. The van der Waals surface area contributed by atoms with Gasteiger partial charge in [-0.2, -0.15) is 5.10 Å². The van der Waals surface area contributed by atoms with Crippen LogP contribution in [0.4, 0.5) is 0 Å². The normalized spacial score (nSPS) is 11.0. The molecule has 1 N–H and O–H groups in total. The molecule has 6 heteroatoms. The number of fused-ring (bicyclic) bond motifs is 1. The molecule has 3 aromatic heterocycles. The maximum atomic E-state index is 12.5. The topological polar surface area (TPSA) is 73.0 Å². The lowest BCUT2D eigenvalue weighted by Gasteiger charge is -2.06. The Bertz CT molecular complexity index is 1100. The fourth-order valence-corrected chi connectivity index (χ4v) is 3.10. The van der Waals surface area contributed by atoms with Crippen LogP contribution in [0.25, 0.3) is 11.0 Å². The molecule has 0 saturated carbocycles. The fourth-order valence-electron chi connectivity index (χ4n) is 3.10. The number of hydrogen-bond donors (Lipinski definition) is 1. The summed E-state index contributed by atoms with van der Waals surface area (Å²) < 4.78 is 7.32. The minimum Gasteiger partial charge on any atom is -0.466 e. The van der Waals surface area contributed by atoms with Gasteiger partial charge in [-0.05, 0) is 31.5 Å². The largest absolute Gasteiger partial charge is 0.466 e. The second-order valence-electron chi connectivity index (χ2n) is 6.55. The second kappa shape index (κ2) is 7.07. The molecule has 0 radical (unpaired) electrons. The zero-order valence-corrected chi connectivity index (χ0v) is 15.3. The van der Waals surface area contributed by atoms with Crippen LogP contribution in [0.2, 0.25) is 0 Å². The number of amides is 1. The van der Waals surface area contributed by atoms with E-state index in [0.717, 1.165) is 33.7 Å². The molecule has 0 aliphatic carbocycles. The third kappa shape index (κ3) is 3.60. The van der Waals surface area contributed by atoms with Gasteiger partial charge in [-0.25, -0.2) is 9.67 Å². The lowest BCUT2D eigenvalue weighted by molar-refractivity contribution is 0.0950. The predicted octanol–water partition coefficient (Wildman–Crippen LogP) is 3.62. The van der Waals surface area contributed by atoms with E-state index >= 15 is 0 Å². The zero-order chi connectivity index (χ0) is 18.8. The molecular formula is C21H20N4O2. The summed E-state index contributed by atoms with van der Waals surface area (Å²) in [5, 5.41) is 8.17. The molecule has 0 unspecified atom stereocenters.